The van der Waals surface area contributed by atoms with Gasteiger partial charge in [-0.1, -0.05) is 12.1 Å². The van der Waals surface area contributed by atoms with Gasteiger partial charge in [-0.2, -0.15) is 4.39 Å². The highest BCUT2D eigenvalue weighted by atomic mass is 19.1. The highest BCUT2D eigenvalue weighted by Gasteiger charge is 2.24. The van der Waals surface area contributed by atoms with E-state index in [1.807, 2.05) is 13.0 Å². The molecule has 1 aliphatic rings. The lowest BCUT2D eigenvalue weighted by molar-refractivity contribution is -0.387. The summed E-state index contributed by atoms with van der Waals surface area (Å²) in [5, 5.41) is 14.5. The number of nitro groups is 1. The lowest BCUT2D eigenvalue weighted by atomic mass is 10.2. The highest BCUT2D eigenvalue weighted by Crippen LogP contribution is 2.23. The predicted molar refractivity (Wildman–Crippen MR) is 96.2 cm³/mol. The van der Waals surface area contributed by atoms with Gasteiger partial charge in [-0.15, -0.1) is 0 Å². The number of anilines is 2. The summed E-state index contributed by atoms with van der Waals surface area (Å²) >= 11 is 0. The molecule has 0 saturated heterocycles. The smallest absolute Gasteiger partial charge is 0.306 e. The van der Waals surface area contributed by atoms with E-state index in [1.165, 1.54) is 17.2 Å². The Hall–Kier alpha value is -3.75. The Labute approximate surface area is 153 Å². The second kappa shape index (κ2) is 7.24. The van der Waals surface area contributed by atoms with E-state index in [0.717, 1.165) is 17.7 Å². The van der Waals surface area contributed by atoms with Crippen molar-refractivity contribution in [3.63, 3.8) is 0 Å². The number of carbonyl (C=O) groups excluding carboxylic acids is 2. The number of nitro benzene ring substituents is 1. The zero-order chi connectivity index (χ0) is 19.6. The summed E-state index contributed by atoms with van der Waals surface area (Å²) in [7, 11) is 0. The summed E-state index contributed by atoms with van der Waals surface area (Å²) in [5.41, 5.74) is 3.69. The molecule has 2 aromatic carbocycles. The SMILES string of the molecule is Cc1cccc(N2NC(C(=O)Nc3ccc(F)c([N+](=O)[O-])c3)=CCC2=O)c1. The lowest BCUT2D eigenvalue weighted by Gasteiger charge is -2.28. The molecule has 0 saturated carbocycles. The zero-order valence-electron chi connectivity index (χ0n) is 14.2. The first-order valence-electron chi connectivity index (χ1n) is 7.97. The second-order valence-corrected chi connectivity index (χ2v) is 5.88. The Bertz CT molecular complexity index is 974. The van der Waals surface area contributed by atoms with Crippen molar-refractivity contribution in [2.45, 2.75) is 13.3 Å². The monoisotopic (exact) mass is 370 g/mol. The average molecular weight is 370 g/mol. The molecule has 1 aliphatic heterocycles. The van der Waals surface area contributed by atoms with Gasteiger partial charge in [-0.05, 0) is 42.8 Å². The van der Waals surface area contributed by atoms with Crippen LogP contribution in [-0.4, -0.2) is 16.7 Å². The predicted octanol–water partition coefficient (Wildman–Crippen LogP) is 2.81. The number of rotatable bonds is 4. The topological polar surface area (TPSA) is 105 Å². The molecule has 0 spiro atoms. The standard InChI is InChI=1S/C18H15FN4O4/c1-11-3-2-4-13(9-11)22-17(24)8-7-15(21-22)18(25)20-12-5-6-14(19)16(10-12)23(26)27/h2-7,9-10,21H,8H2,1H3,(H,20,25). The van der Waals surface area contributed by atoms with Crippen LogP contribution < -0.4 is 15.8 Å². The van der Waals surface area contributed by atoms with Crippen LogP contribution in [0, 0.1) is 22.9 Å². The summed E-state index contributed by atoms with van der Waals surface area (Å²) in [6.45, 7) is 1.88. The van der Waals surface area contributed by atoms with Crippen LogP contribution >= 0.6 is 0 Å². The van der Waals surface area contributed by atoms with Gasteiger partial charge in [0.15, 0.2) is 0 Å². The van der Waals surface area contributed by atoms with Crippen LogP contribution in [0.1, 0.15) is 12.0 Å². The number of benzene rings is 2. The van der Waals surface area contributed by atoms with Crippen LogP contribution in [0.15, 0.2) is 54.2 Å². The molecule has 2 N–H and O–H groups in total. The van der Waals surface area contributed by atoms with Gasteiger partial charge in [0, 0.05) is 18.2 Å². The van der Waals surface area contributed by atoms with Gasteiger partial charge in [0.2, 0.25) is 11.7 Å². The Morgan fingerprint density at radius 1 is 1.30 bits per heavy atom. The Morgan fingerprint density at radius 2 is 2.07 bits per heavy atom. The molecule has 0 aliphatic carbocycles. The van der Waals surface area contributed by atoms with E-state index in [2.05, 4.69) is 10.7 Å². The molecule has 9 heteroatoms. The third-order valence-corrected chi connectivity index (χ3v) is 3.87. The van der Waals surface area contributed by atoms with Crippen molar-refractivity contribution >= 4 is 28.9 Å². The molecule has 138 valence electrons. The van der Waals surface area contributed by atoms with Crippen molar-refractivity contribution in [3.8, 4) is 0 Å². The molecule has 2 amide bonds. The highest BCUT2D eigenvalue weighted by molar-refractivity contribution is 6.06. The molecule has 0 atom stereocenters. The molecule has 0 unspecified atom stereocenters. The molecule has 27 heavy (non-hydrogen) atoms. The number of amides is 2. The molecule has 0 radical (unpaired) electrons. The number of aryl methyl sites for hydroxylation is 1. The van der Waals surface area contributed by atoms with E-state index in [-0.39, 0.29) is 23.7 Å². The van der Waals surface area contributed by atoms with E-state index in [9.17, 15) is 24.1 Å². The number of carbonyl (C=O) groups is 2. The van der Waals surface area contributed by atoms with Crippen LogP contribution in [0.4, 0.5) is 21.5 Å². The Balaban J connectivity index is 1.78. The summed E-state index contributed by atoms with van der Waals surface area (Å²) < 4.78 is 13.4. The molecule has 0 bridgehead atoms. The zero-order valence-corrected chi connectivity index (χ0v) is 14.2. The van der Waals surface area contributed by atoms with Crippen LogP contribution in [0.3, 0.4) is 0 Å². The Morgan fingerprint density at radius 3 is 2.78 bits per heavy atom. The quantitative estimate of drug-likeness (QED) is 0.636. The fourth-order valence-electron chi connectivity index (χ4n) is 2.56. The fourth-order valence-corrected chi connectivity index (χ4v) is 2.56. The van der Waals surface area contributed by atoms with Gasteiger partial charge in [-0.3, -0.25) is 25.1 Å². The van der Waals surface area contributed by atoms with Gasteiger partial charge >= 0.3 is 5.69 Å². The minimum atomic E-state index is -0.996. The molecular formula is C18H15FN4O4. The van der Waals surface area contributed by atoms with E-state index in [4.69, 9.17) is 0 Å². The van der Waals surface area contributed by atoms with Crippen LogP contribution in [0.5, 0.6) is 0 Å². The summed E-state index contributed by atoms with van der Waals surface area (Å²) in [5.74, 6) is -1.85. The van der Waals surface area contributed by atoms with Crippen molar-refractivity contribution in [3.05, 3.63) is 75.7 Å². The first-order valence-corrected chi connectivity index (χ1v) is 7.97. The van der Waals surface area contributed by atoms with E-state index in [1.54, 1.807) is 18.2 Å². The number of nitrogens with one attached hydrogen (secondary N) is 2. The van der Waals surface area contributed by atoms with Gasteiger partial charge in [0.25, 0.3) is 5.91 Å². The van der Waals surface area contributed by atoms with E-state index >= 15 is 0 Å². The van der Waals surface area contributed by atoms with Crippen molar-refractivity contribution in [2.75, 3.05) is 10.3 Å². The van der Waals surface area contributed by atoms with Gasteiger partial charge in [0.1, 0.15) is 5.70 Å². The van der Waals surface area contributed by atoms with Crippen molar-refractivity contribution in [1.29, 1.82) is 0 Å². The number of hydrogen-bond acceptors (Lipinski definition) is 5. The van der Waals surface area contributed by atoms with Crippen molar-refractivity contribution < 1.29 is 18.9 Å². The molecule has 2 aromatic rings. The molecule has 3 rings (SSSR count). The van der Waals surface area contributed by atoms with Gasteiger partial charge < -0.3 is 5.32 Å². The number of halogens is 1. The minimum absolute atomic E-state index is 0.00720. The van der Waals surface area contributed by atoms with Crippen LogP contribution in [-0.2, 0) is 9.59 Å². The first kappa shape index (κ1) is 18.1. The lowest BCUT2D eigenvalue weighted by Crippen LogP contribution is -2.47. The summed E-state index contributed by atoms with van der Waals surface area (Å²) in [6.07, 6.45) is 1.43. The van der Waals surface area contributed by atoms with Crippen LogP contribution in [0.25, 0.3) is 0 Å². The molecule has 1 heterocycles. The van der Waals surface area contributed by atoms with Gasteiger partial charge in [-0.25, -0.2) is 5.01 Å². The number of nitrogens with zero attached hydrogens (tertiary/aromatic N) is 2. The second-order valence-electron chi connectivity index (χ2n) is 5.88. The average Bonchev–Trinajstić information content (AvgIpc) is 2.63. The molecular weight excluding hydrogens is 355 g/mol. The third-order valence-electron chi connectivity index (χ3n) is 3.87. The van der Waals surface area contributed by atoms with E-state index < -0.39 is 22.3 Å². The fraction of sp³-hybridized carbons (Fsp3) is 0.111. The van der Waals surface area contributed by atoms with Crippen molar-refractivity contribution in [1.82, 2.24) is 5.43 Å². The molecule has 0 fully saturated rings. The minimum Gasteiger partial charge on any atom is -0.320 e. The number of hydrazine groups is 1. The van der Waals surface area contributed by atoms with E-state index in [0.29, 0.717) is 5.69 Å². The normalized spacial score (nSPS) is 13.6. The van der Waals surface area contributed by atoms with Crippen LogP contribution in [0.2, 0.25) is 0 Å². The maximum atomic E-state index is 13.4. The maximum absolute atomic E-state index is 13.4. The van der Waals surface area contributed by atoms with Gasteiger partial charge in [0.05, 0.1) is 10.6 Å². The first-order chi connectivity index (χ1) is 12.8. The summed E-state index contributed by atoms with van der Waals surface area (Å²) in [6, 6.07) is 10.2. The molecule has 0 aromatic heterocycles. The number of hydrogen-bond donors (Lipinski definition) is 2. The molecule has 8 nitrogen and oxygen atoms in total. The van der Waals surface area contributed by atoms with Crippen molar-refractivity contribution in [2.24, 2.45) is 0 Å². The summed E-state index contributed by atoms with van der Waals surface area (Å²) in [4.78, 5) is 34.5. The third kappa shape index (κ3) is 3.92. The maximum Gasteiger partial charge on any atom is 0.306 e. The largest absolute Gasteiger partial charge is 0.320 e. The Kier molecular flexibility index (Phi) is 4.84.